The lowest BCUT2D eigenvalue weighted by atomic mass is 10.00. The van der Waals surface area contributed by atoms with Crippen LogP contribution in [-0.4, -0.2) is 64.0 Å². The largest absolute Gasteiger partial charge is 0.481 e. The standard InChI is InChI=1S/C25H38N4O7/c1-14(2)12-19(25(35)36)28-23(33)18(10-11-20(30)31)27-24(34)21(15(3)4)29-22(32)17(26)13-16-8-6-5-7-9-16/h5-9,14-15,17-19,21H,10-13,26H2,1-4H3,(H,27,34)(H,28,33)(H,29,32)(H,30,31)(H,35,36). The summed E-state index contributed by atoms with van der Waals surface area (Å²) in [6.45, 7) is 6.99. The summed E-state index contributed by atoms with van der Waals surface area (Å²) in [4.78, 5) is 61.2. The molecular formula is C25H38N4O7. The summed E-state index contributed by atoms with van der Waals surface area (Å²) in [6, 6.07) is 4.67. The van der Waals surface area contributed by atoms with E-state index in [1.165, 1.54) is 0 Å². The lowest BCUT2D eigenvalue weighted by Crippen LogP contribution is -2.58. The lowest BCUT2D eigenvalue weighted by Gasteiger charge is -2.27. The predicted molar refractivity (Wildman–Crippen MR) is 133 cm³/mol. The second-order valence-electron chi connectivity index (χ2n) is 9.55. The zero-order valence-electron chi connectivity index (χ0n) is 21.2. The molecule has 4 unspecified atom stereocenters. The Morgan fingerprint density at radius 3 is 1.92 bits per heavy atom. The summed E-state index contributed by atoms with van der Waals surface area (Å²) in [7, 11) is 0. The van der Waals surface area contributed by atoms with Gasteiger partial charge in [-0.1, -0.05) is 58.0 Å². The summed E-state index contributed by atoms with van der Waals surface area (Å²) < 4.78 is 0. The van der Waals surface area contributed by atoms with Crippen molar-refractivity contribution in [2.75, 3.05) is 0 Å². The monoisotopic (exact) mass is 506 g/mol. The van der Waals surface area contributed by atoms with Gasteiger partial charge in [-0.2, -0.15) is 0 Å². The van der Waals surface area contributed by atoms with E-state index in [0.29, 0.717) is 0 Å². The molecule has 4 atom stereocenters. The number of aliphatic carboxylic acids is 2. The van der Waals surface area contributed by atoms with Crippen LogP contribution in [0.1, 0.15) is 52.5 Å². The number of rotatable bonds is 15. The molecule has 0 fully saturated rings. The van der Waals surface area contributed by atoms with E-state index in [4.69, 9.17) is 10.8 Å². The van der Waals surface area contributed by atoms with Gasteiger partial charge in [0.2, 0.25) is 17.7 Å². The molecule has 200 valence electrons. The van der Waals surface area contributed by atoms with Crippen LogP contribution in [0, 0.1) is 11.8 Å². The van der Waals surface area contributed by atoms with Crippen molar-refractivity contribution >= 4 is 29.7 Å². The molecule has 3 amide bonds. The van der Waals surface area contributed by atoms with Gasteiger partial charge in [0.05, 0.1) is 6.04 Å². The number of carboxylic acids is 2. The van der Waals surface area contributed by atoms with Crippen molar-refractivity contribution in [2.45, 2.75) is 77.5 Å². The van der Waals surface area contributed by atoms with Crippen LogP contribution in [0.15, 0.2) is 30.3 Å². The van der Waals surface area contributed by atoms with Gasteiger partial charge in [-0.25, -0.2) is 4.79 Å². The molecule has 0 aliphatic carbocycles. The van der Waals surface area contributed by atoms with Crippen LogP contribution in [0.25, 0.3) is 0 Å². The number of hydrogen-bond donors (Lipinski definition) is 6. The first-order chi connectivity index (χ1) is 16.8. The topological polar surface area (TPSA) is 188 Å². The van der Waals surface area contributed by atoms with Gasteiger partial charge in [0.25, 0.3) is 0 Å². The highest BCUT2D eigenvalue weighted by atomic mass is 16.4. The van der Waals surface area contributed by atoms with Gasteiger partial charge >= 0.3 is 11.9 Å². The molecule has 0 saturated heterocycles. The Morgan fingerprint density at radius 2 is 1.42 bits per heavy atom. The molecule has 0 radical (unpaired) electrons. The van der Waals surface area contributed by atoms with Gasteiger partial charge in [0.15, 0.2) is 0 Å². The Bertz CT molecular complexity index is 905. The SMILES string of the molecule is CC(C)CC(NC(=O)C(CCC(=O)O)NC(=O)C(NC(=O)C(N)Cc1ccccc1)C(C)C)C(=O)O. The number of nitrogens with two attached hydrogens (primary N) is 1. The minimum atomic E-state index is -1.31. The van der Waals surface area contributed by atoms with Crippen LogP contribution in [0.4, 0.5) is 0 Å². The van der Waals surface area contributed by atoms with E-state index in [-0.39, 0.29) is 31.1 Å². The molecule has 1 aromatic rings. The molecule has 1 rings (SSSR count). The lowest BCUT2D eigenvalue weighted by molar-refractivity contribution is -0.143. The third kappa shape index (κ3) is 10.9. The quantitative estimate of drug-likeness (QED) is 0.200. The zero-order valence-corrected chi connectivity index (χ0v) is 21.2. The zero-order chi connectivity index (χ0) is 27.4. The van der Waals surface area contributed by atoms with E-state index < -0.39 is 60.2 Å². The Morgan fingerprint density at radius 1 is 0.833 bits per heavy atom. The molecule has 0 aliphatic heterocycles. The number of hydrogen-bond acceptors (Lipinski definition) is 6. The fraction of sp³-hybridized carbons (Fsp3) is 0.560. The van der Waals surface area contributed by atoms with Gasteiger partial charge in [-0.15, -0.1) is 0 Å². The van der Waals surface area contributed by atoms with Crippen molar-refractivity contribution in [1.29, 1.82) is 0 Å². The van der Waals surface area contributed by atoms with Crippen molar-refractivity contribution in [3.8, 4) is 0 Å². The molecule has 1 aromatic carbocycles. The maximum atomic E-state index is 13.0. The Balaban J connectivity index is 2.95. The number of carbonyl (C=O) groups is 5. The molecule has 7 N–H and O–H groups in total. The van der Waals surface area contributed by atoms with Gasteiger partial charge in [0, 0.05) is 6.42 Å². The van der Waals surface area contributed by atoms with Gasteiger partial charge in [-0.05, 0) is 36.7 Å². The van der Waals surface area contributed by atoms with Crippen molar-refractivity contribution in [2.24, 2.45) is 17.6 Å². The van der Waals surface area contributed by atoms with Crippen LogP contribution in [0.3, 0.4) is 0 Å². The third-order valence-corrected chi connectivity index (χ3v) is 5.48. The highest BCUT2D eigenvalue weighted by molar-refractivity contribution is 5.94. The number of carboxylic acid groups (broad SMARTS) is 2. The van der Waals surface area contributed by atoms with E-state index in [2.05, 4.69) is 16.0 Å². The first-order valence-electron chi connectivity index (χ1n) is 12.0. The van der Waals surface area contributed by atoms with E-state index in [1.54, 1.807) is 27.7 Å². The fourth-order valence-electron chi connectivity index (χ4n) is 3.52. The molecule has 0 spiro atoms. The second kappa shape index (κ2) is 14.8. The first-order valence-corrected chi connectivity index (χ1v) is 12.0. The third-order valence-electron chi connectivity index (χ3n) is 5.48. The van der Waals surface area contributed by atoms with E-state index >= 15 is 0 Å². The molecule has 0 heterocycles. The summed E-state index contributed by atoms with van der Waals surface area (Å²) in [6.07, 6.45) is -0.270. The summed E-state index contributed by atoms with van der Waals surface area (Å²) in [5, 5.41) is 25.9. The average molecular weight is 507 g/mol. The summed E-state index contributed by atoms with van der Waals surface area (Å²) >= 11 is 0. The number of carbonyl (C=O) groups excluding carboxylic acids is 3. The van der Waals surface area contributed by atoms with Crippen LogP contribution < -0.4 is 21.7 Å². The minimum absolute atomic E-state index is 0.0286. The van der Waals surface area contributed by atoms with E-state index in [9.17, 15) is 29.1 Å². The maximum Gasteiger partial charge on any atom is 0.326 e. The molecular weight excluding hydrogens is 468 g/mol. The number of amides is 3. The molecule has 11 heteroatoms. The Hall–Kier alpha value is -3.47. The van der Waals surface area contributed by atoms with Crippen molar-refractivity contribution < 1.29 is 34.2 Å². The molecule has 11 nitrogen and oxygen atoms in total. The predicted octanol–water partition coefficient (Wildman–Crippen LogP) is 0.662. The Labute approximate surface area is 211 Å². The number of nitrogens with one attached hydrogen (secondary N) is 3. The van der Waals surface area contributed by atoms with Gasteiger partial charge in [0.1, 0.15) is 18.1 Å². The van der Waals surface area contributed by atoms with E-state index in [1.807, 2.05) is 30.3 Å². The fourth-order valence-corrected chi connectivity index (χ4v) is 3.52. The highest BCUT2D eigenvalue weighted by Crippen LogP contribution is 2.09. The van der Waals surface area contributed by atoms with Crippen LogP contribution in [0.5, 0.6) is 0 Å². The van der Waals surface area contributed by atoms with E-state index in [0.717, 1.165) is 5.56 Å². The maximum absolute atomic E-state index is 13.0. The van der Waals surface area contributed by atoms with Crippen molar-refractivity contribution in [3.05, 3.63) is 35.9 Å². The average Bonchev–Trinajstić information content (AvgIpc) is 2.79. The van der Waals surface area contributed by atoms with Gasteiger partial charge < -0.3 is 31.9 Å². The first kappa shape index (κ1) is 30.6. The molecule has 36 heavy (non-hydrogen) atoms. The molecule has 0 saturated carbocycles. The molecule has 0 bridgehead atoms. The van der Waals surface area contributed by atoms with Crippen LogP contribution in [-0.2, 0) is 30.4 Å². The summed E-state index contributed by atoms with van der Waals surface area (Å²) in [5.74, 6) is -4.89. The van der Waals surface area contributed by atoms with Crippen LogP contribution in [0.2, 0.25) is 0 Å². The van der Waals surface area contributed by atoms with Crippen molar-refractivity contribution in [1.82, 2.24) is 16.0 Å². The normalized spacial score (nSPS) is 14.4. The summed E-state index contributed by atoms with van der Waals surface area (Å²) in [5.41, 5.74) is 6.87. The van der Waals surface area contributed by atoms with Gasteiger partial charge in [-0.3, -0.25) is 19.2 Å². The van der Waals surface area contributed by atoms with Crippen LogP contribution >= 0.6 is 0 Å². The smallest absolute Gasteiger partial charge is 0.326 e. The molecule has 0 aromatic heterocycles. The minimum Gasteiger partial charge on any atom is -0.481 e. The second-order valence-corrected chi connectivity index (χ2v) is 9.55. The van der Waals surface area contributed by atoms with Crippen molar-refractivity contribution in [3.63, 3.8) is 0 Å². The molecule has 0 aliphatic rings. The highest BCUT2D eigenvalue weighted by Gasteiger charge is 2.32. The number of benzene rings is 1. The Kier molecular flexibility index (Phi) is 12.6.